The van der Waals surface area contributed by atoms with E-state index in [0.717, 1.165) is 11.1 Å². The molecule has 3 aromatic rings. The molecule has 0 atom stereocenters. The maximum Gasteiger partial charge on any atom is 0.196 e. The summed E-state index contributed by atoms with van der Waals surface area (Å²) >= 11 is 0. The number of benzene rings is 1. The summed E-state index contributed by atoms with van der Waals surface area (Å²) in [6.07, 6.45) is 3.29. The van der Waals surface area contributed by atoms with Gasteiger partial charge >= 0.3 is 0 Å². The molecule has 0 aliphatic heterocycles. The highest BCUT2D eigenvalue weighted by Crippen LogP contribution is 2.27. The molecule has 0 amide bonds. The largest absolute Gasteiger partial charge is 0.412 e. The van der Waals surface area contributed by atoms with Crippen molar-refractivity contribution >= 4 is 22.5 Å². The van der Waals surface area contributed by atoms with E-state index in [1.165, 1.54) is 0 Å². The molecule has 4 N–H and O–H groups in total. The van der Waals surface area contributed by atoms with Crippen LogP contribution in [0, 0.1) is 0 Å². The number of nitrogens with zero attached hydrogens (tertiary/aromatic N) is 2. The summed E-state index contributed by atoms with van der Waals surface area (Å²) in [6, 6.07) is 9.41. The maximum absolute atomic E-state index is 12.7. The second-order valence-electron chi connectivity index (χ2n) is 5.17. The van der Waals surface area contributed by atoms with E-state index in [4.69, 9.17) is 0 Å². The normalized spacial score (nSPS) is 10.5. The highest BCUT2D eigenvalue weighted by Gasteiger charge is 2.18. The Bertz CT molecular complexity index is 781. The number of hydrogen-bond donors (Lipinski definition) is 2. The second-order valence-corrected chi connectivity index (χ2v) is 5.17. The molecular weight excluding hydrogens is 280 g/mol. The average molecular weight is 298 g/mol. The Morgan fingerprint density at radius 2 is 1.91 bits per heavy atom. The van der Waals surface area contributed by atoms with Gasteiger partial charge in [0.2, 0.25) is 0 Å². The van der Waals surface area contributed by atoms with Gasteiger partial charge in [0.05, 0.1) is 22.8 Å². The van der Waals surface area contributed by atoms with Crippen LogP contribution >= 0.6 is 0 Å². The summed E-state index contributed by atoms with van der Waals surface area (Å²) in [5, 5.41) is 11.0. The van der Waals surface area contributed by atoms with E-state index in [0.29, 0.717) is 16.8 Å². The number of rotatable bonds is 4. The van der Waals surface area contributed by atoms with Crippen molar-refractivity contribution in [3.05, 3.63) is 53.9 Å². The van der Waals surface area contributed by atoms with E-state index in [2.05, 4.69) is 20.5 Å². The number of nitrogens with one attached hydrogen (secondary N) is 2. The predicted molar refractivity (Wildman–Crippen MR) is 86.1 cm³/mol. The number of carbonyl (C=O) groups excluding carboxylic acids is 1. The van der Waals surface area contributed by atoms with Crippen molar-refractivity contribution in [2.45, 2.75) is 19.9 Å². The van der Waals surface area contributed by atoms with Crippen LogP contribution in [0.15, 0.2) is 42.7 Å². The SMILES string of the molecule is CC(C)Nc1c(C(=O)c2ccccc2)cnc2[nH]ncc12.O. The van der Waals surface area contributed by atoms with Crippen LogP contribution in [-0.2, 0) is 0 Å². The summed E-state index contributed by atoms with van der Waals surface area (Å²) < 4.78 is 0. The van der Waals surface area contributed by atoms with Crippen molar-refractivity contribution in [2.24, 2.45) is 0 Å². The number of aromatic nitrogens is 3. The Hall–Kier alpha value is -2.73. The van der Waals surface area contributed by atoms with E-state index in [1.807, 2.05) is 32.0 Å². The fourth-order valence-electron chi connectivity index (χ4n) is 2.26. The quantitative estimate of drug-likeness (QED) is 0.721. The van der Waals surface area contributed by atoms with Gasteiger partial charge in [-0.05, 0) is 13.8 Å². The summed E-state index contributed by atoms with van der Waals surface area (Å²) in [5.74, 6) is -0.0469. The molecule has 0 saturated carbocycles. The first-order valence-corrected chi connectivity index (χ1v) is 6.85. The standard InChI is InChI=1S/C16H16N4O.H2O/c1-10(2)19-14-12(8-17-16-13(14)9-18-20-16)15(21)11-6-4-3-5-7-11;/h3-10H,1-2H3,(H2,17,18,19,20);1H2. The van der Waals surface area contributed by atoms with Gasteiger partial charge in [0, 0.05) is 17.8 Å². The minimum Gasteiger partial charge on any atom is -0.412 e. The van der Waals surface area contributed by atoms with E-state index in [-0.39, 0.29) is 17.3 Å². The smallest absolute Gasteiger partial charge is 0.196 e. The van der Waals surface area contributed by atoms with Crippen LogP contribution in [0.4, 0.5) is 5.69 Å². The van der Waals surface area contributed by atoms with E-state index >= 15 is 0 Å². The summed E-state index contributed by atoms with van der Waals surface area (Å²) in [4.78, 5) is 17.0. The zero-order chi connectivity index (χ0) is 14.8. The molecule has 22 heavy (non-hydrogen) atoms. The molecule has 114 valence electrons. The lowest BCUT2D eigenvalue weighted by atomic mass is 10.0. The Morgan fingerprint density at radius 3 is 2.59 bits per heavy atom. The molecule has 0 aliphatic rings. The highest BCUT2D eigenvalue weighted by molar-refractivity contribution is 6.15. The molecule has 3 rings (SSSR count). The third-order valence-electron chi connectivity index (χ3n) is 3.19. The van der Waals surface area contributed by atoms with Gasteiger partial charge < -0.3 is 10.8 Å². The third kappa shape index (κ3) is 2.82. The van der Waals surface area contributed by atoms with Crippen molar-refractivity contribution in [2.75, 3.05) is 5.32 Å². The summed E-state index contributed by atoms with van der Waals surface area (Å²) in [7, 11) is 0. The first-order valence-electron chi connectivity index (χ1n) is 6.85. The fraction of sp³-hybridized carbons (Fsp3) is 0.188. The number of pyridine rings is 1. The van der Waals surface area contributed by atoms with Crippen molar-refractivity contribution < 1.29 is 10.3 Å². The van der Waals surface area contributed by atoms with Crippen molar-refractivity contribution in [1.82, 2.24) is 15.2 Å². The maximum atomic E-state index is 12.7. The number of anilines is 1. The fourth-order valence-corrected chi connectivity index (χ4v) is 2.26. The number of aromatic amines is 1. The molecule has 0 aliphatic carbocycles. The lowest BCUT2D eigenvalue weighted by Crippen LogP contribution is -2.14. The number of fused-ring (bicyclic) bond motifs is 1. The molecule has 0 fully saturated rings. The van der Waals surface area contributed by atoms with Crippen molar-refractivity contribution in [3.8, 4) is 0 Å². The van der Waals surface area contributed by atoms with E-state index in [9.17, 15) is 4.79 Å². The topological polar surface area (TPSA) is 102 Å². The molecule has 0 unspecified atom stereocenters. The number of H-pyrrole nitrogens is 1. The molecule has 2 heterocycles. The molecule has 0 spiro atoms. The first-order chi connectivity index (χ1) is 10.2. The zero-order valence-electron chi connectivity index (χ0n) is 12.4. The molecule has 0 radical (unpaired) electrons. The van der Waals surface area contributed by atoms with Crippen LogP contribution < -0.4 is 5.32 Å². The minimum absolute atomic E-state index is 0. The molecule has 6 heteroatoms. The molecule has 6 nitrogen and oxygen atoms in total. The molecule has 2 aromatic heterocycles. The Balaban J connectivity index is 0.00000176. The second kappa shape index (κ2) is 6.36. The Kier molecular flexibility index (Phi) is 4.53. The molecular formula is C16H18N4O2. The van der Waals surface area contributed by atoms with Gasteiger partial charge in [-0.15, -0.1) is 0 Å². The highest BCUT2D eigenvalue weighted by atomic mass is 16.1. The Morgan fingerprint density at radius 1 is 1.18 bits per heavy atom. The van der Waals surface area contributed by atoms with Gasteiger partial charge in [-0.2, -0.15) is 5.10 Å². The number of hydrogen-bond acceptors (Lipinski definition) is 4. The van der Waals surface area contributed by atoms with Gasteiger partial charge in [0.15, 0.2) is 11.4 Å². The lowest BCUT2D eigenvalue weighted by molar-refractivity contribution is 0.103. The van der Waals surface area contributed by atoms with Crippen molar-refractivity contribution in [1.29, 1.82) is 0 Å². The van der Waals surface area contributed by atoms with Gasteiger partial charge in [-0.1, -0.05) is 30.3 Å². The van der Waals surface area contributed by atoms with Crippen LogP contribution in [0.3, 0.4) is 0 Å². The van der Waals surface area contributed by atoms with Crippen LogP contribution in [0.25, 0.3) is 11.0 Å². The van der Waals surface area contributed by atoms with Crippen LogP contribution in [-0.4, -0.2) is 32.5 Å². The van der Waals surface area contributed by atoms with Gasteiger partial charge in [-0.25, -0.2) is 4.98 Å². The van der Waals surface area contributed by atoms with Crippen LogP contribution in [0.1, 0.15) is 29.8 Å². The monoisotopic (exact) mass is 298 g/mol. The number of carbonyl (C=O) groups is 1. The molecule has 0 bridgehead atoms. The van der Waals surface area contributed by atoms with Crippen LogP contribution in [0.5, 0.6) is 0 Å². The average Bonchev–Trinajstić information content (AvgIpc) is 2.96. The van der Waals surface area contributed by atoms with E-state index < -0.39 is 0 Å². The van der Waals surface area contributed by atoms with Gasteiger partial charge in [0.25, 0.3) is 0 Å². The van der Waals surface area contributed by atoms with Crippen LogP contribution in [0.2, 0.25) is 0 Å². The number of ketones is 1. The summed E-state index contributed by atoms with van der Waals surface area (Å²) in [6.45, 7) is 4.06. The third-order valence-corrected chi connectivity index (χ3v) is 3.19. The van der Waals surface area contributed by atoms with Gasteiger partial charge in [0.1, 0.15) is 0 Å². The molecule has 1 aromatic carbocycles. The molecule has 0 saturated heterocycles. The Labute approximate surface area is 127 Å². The van der Waals surface area contributed by atoms with E-state index in [1.54, 1.807) is 24.5 Å². The lowest BCUT2D eigenvalue weighted by Gasteiger charge is -2.14. The minimum atomic E-state index is -0.0469. The summed E-state index contributed by atoms with van der Waals surface area (Å²) in [5.41, 5.74) is 2.65. The van der Waals surface area contributed by atoms with Crippen molar-refractivity contribution in [3.63, 3.8) is 0 Å². The first kappa shape index (κ1) is 15.7. The van der Waals surface area contributed by atoms with Gasteiger partial charge in [-0.3, -0.25) is 9.89 Å². The predicted octanol–water partition coefficient (Wildman–Crippen LogP) is 2.18. The zero-order valence-corrected chi connectivity index (χ0v) is 12.4.